The quantitative estimate of drug-likeness (QED) is 0.708. The van der Waals surface area contributed by atoms with Gasteiger partial charge in [-0.1, -0.05) is 13.0 Å². The molecule has 0 N–H and O–H groups in total. The predicted molar refractivity (Wildman–Crippen MR) is 61.6 cm³/mol. The Bertz CT molecular complexity index is 356. The van der Waals surface area contributed by atoms with E-state index in [1.165, 1.54) is 11.1 Å². The Balaban J connectivity index is 3.19. The smallest absolute Gasteiger partial charge is 0.122 e. The molecule has 2 heteroatoms. The molecule has 1 atom stereocenters. The number of methoxy groups -OCH3 is 1. The topological polar surface area (TPSA) is 26.3 Å². The summed E-state index contributed by atoms with van der Waals surface area (Å²) in [5, 5.41) is 0. The highest BCUT2D eigenvalue weighted by molar-refractivity contribution is 5.54. The van der Waals surface area contributed by atoms with E-state index in [1.54, 1.807) is 7.11 Å². The predicted octanol–water partition coefficient (Wildman–Crippen LogP) is 3.00. The van der Waals surface area contributed by atoms with Crippen LogP contribution in [0.3, 0.4) is 0 Å². The third-order valence-electron chi connectivity index (χ3n) is 2.66. The van der Waals surface area contributed by atoms with Crippen LogP contribution in [0.25, 0.3) is 0 Å². The lowest BCUT2D eigenvalue weighted by Gasteiger charge is -2.17. The van der Waals surface area contributed by atoms with Gasteiger partial charge >= 0.3 is 0 Å². The Morgan fingerprint density at radius 3 is 2.60 bits per heavy atom. The van der Waals surface area contributed by atoms with Crippen molar-refractivity contribution < 1.29 is 9.53 Å². The fourth-order valence-corrected chi connectivity index (χ4v) is 2.00. The molecule has 0 radical (unpaired) electrons. The van der Waals surface area contributed by atoms with Crippen LogP contribution in [0.4, 0.5) is 0 Å². The molecule has 0 heterocycles. The van der Waals surface area contributed by atoms with Gasteiger partial charge in [-0.25, -0.2) is 0 Å². The Labute approximate surface area is 91.3 Å². The van der Waals surface area contributed by atoms with Crippen molar-refractivity contribution in [1.82, 2.24) is 0 Å². The molecule has 0 aromatic heterocycles. The molecule has 0 bridgehead atoms. The SMILES string of the molecule is COc1cc(C)cc(C)c1C(C)CC=O. The third-order valence-corrected chi connectivity index (χ3v) is 2.66. The largest absolute Gasteiger partial charge is 0.496 e. The van der Waals surface area contributed by atoms with Gasteiger partial charge in [-0.2, -0.15) is 0 Å². The van der Waals surface area contributed by atoms with Gasteiger partial charge in [0.05, 0.1) is 7.11 Å². The number of benzene rings is 1. The highest BCUT2D eigenvalue weighted by Crippen LogP contribution is 2.32. The zero-order chi connectivity index (χ0) is 11.4. The van der Waals surface area contributed by atoms with Crippen LogP contribution in [0.2, 0.25) is 0 Å². The molecule has 2 nitrogen and oxygen atoms in total. The Kier molecular flexibility index (Phi) is 3.89. The first-order valence-electron chi connectivity index (χ1n) is 5.19. The highest BCUT2D eigenvalue weighted by atomic mass is 16.5. The molecule has 1 rings (SSSR count). The number of aryl methyl sites for hydroxylation is 2. The maximum absolute atomic E-state index is 10.5. The van der Waals surface area contributed by atoms with Crippen molar-refractivity contribution in [1.29, 1.82) is 0 Å². The minimum atomic E-state index is 0.220. The fourth-order valence-electron chi connectivity index (χ4n) is 2.00. The summed E-state index contributed by atoms with van der Waals surface area (Å²) < 4.78 is 5.36. The van der Waals surface area contributed by atoms with Gasteiger partial charge < -0.3 is 9.53 Å². The average molecular weight is 206 g/mol. The van der Waals surface area contributed by atoms with E-state index < -0.39 is 0 Å². The summed E-state index contributed by atoms with van der Waals surface area (Å²) >= 11 is 0. The van der Waals surface area contributed by atoms with Gasteiger partial charge in [-0.05, 0) is 37.0 Å². The minimum Gasteiger partial charge on any atom is -0.496 e. The normalized spacial score (nSPS) is 12.3. The van der Waals surface area contributed by atoms with Crippen LogP contribution in [0, 0.1) is 13.8 Å². The molecule has 0 aliphatic heterocycles. The molecule has 0 saturated carbocycles. The van der Waals surface area contributed by atoms with E-state index in [4.69, 9.17) is 4.74 Å². The summed E-state index contributed by atoms with van der Waals surface area (Å²) in [7, 11) is 1.67. The van der Waals surface area contributed by atoms with Gasteiger partial charge in [-0.15, -0.1) is 0 Å². The van der Waals surface area contributed by atoms with E-state index in [0.717, 1.165) is 17.6 Å². The Morgan fingerprint density at radius 1 is 1.40 bits per heavy atom. The van der Waals surface area contributed by atoms with Crippen LogP contribution in [0.1, 0.15) is 36.0 Å². The maximum atomic E-state index is 10.5. The molecule has 82 valence electrons. The first kappa shape index (κ1) is 11.8. The van der Waals surface area contributed by atoms with Gasteiger partial charge in [0.2, 0.25) is 0 Å². The van der Waals surface area contributed by atoms with Crippen LogP contribution >= 0.6 is 0 Å². The van der Waals surface area contributed by atoms with Crippen molar-refractivity contribution in [2.75, 3.05) is 7.11 Å². The number of rotatable bonds is 4. The van der Waals surface area contributed by atoms with Crippen LogP contribution < -0.4 is 4.74 Å². The van der Waals surface area contributed by atoms with E-state index in [0.29, 0.717) is 6.42 Å². The third kappa shape index (κ3) is 2.58. The second kappa shape index (κ2) is 4.96. The summed E-state index contributed by atoms with van der Waals surface area (Å²) in [4.78, 5) is 10.5. The van der Waals surface area contributed by atoms with E-state index in [2.05, 4.69) is 19.9 Å². The van der Waals surface area contributed by atoms with Gasteiger partial charge in [-0.3, -0.25) is 0 Å². The lowest BCUT2D eigenvalue weighted by molar-refractivity contribution is -0.108. The van der Waals surface area contributed by atoms with E-state index in [1.807, 2.05) is 13.0 Å². The molecular formula is C13H18O2. The number of carbonyl (C=O) groups is 1. The standard InChI is InChI=1S/C13H18O2/c1-9-7-11(3)13(10(2)5-6-14)12(8-9)15-4/h6-8,10H,5H2,1-4H3. The number of hydrogen-bond acceptors (Lipinski definition) is 2. The van der Waals surface area contributed by atoms with Crippen molar-refractivity contribution in [3.8, 4) is 5.75 Å². The first-order chi connectivity index (χ1) is 7.10. The van der Waals surface area contributed by atoms with Crippen LogP contribution in [0.5, 0.6) is 5.75 Å². The molecule has 1 unspecified atom stereocenters. The van der Waals surface area contributed by atoms with Crippen molar-refractivity contribution in [2.24, 2.45) is 0 Å². The van der Waals surface area contributed by atoms with Crippen LogP contribution in [-0.4, -0.2) is 13.4 Å². The lowest BCUT2D eigenvalue weighted by atomic mass is 9.92. The molecule has 0 fully saturated rings. The van der Waals surface area contributed by atoms with Crippen LogP contribution in [-0.2, 0) is 4.79 Å². The second-order valence-electron chi connectivity index (χ2n) is 4.00. The molecule has 0 aliphatic carbocycles. The molecule has 0 spiro atoms. The molecule has 0 aliphatic rings. The van der Waals surface area contributed by atoms with Gasteiger partial charge in [0.15, 0.2) is 0 Å². The zero-order valence-electron chi connectivity index (χ0n) is 9.83. The molecule has 15 heavy (non-hydrogen) atoms. The molecule has 1 aromatic rings. The van der Waals surface area contributed by atoms with E-state index >= 15 is 0 Å². The van der Waals surface area contributed by atoms with Gasteiger partial charge in [0.1, 0.15) is 12.0 Å². The summed E-state index contributed by atoms with van der Waals surface area (Å²) in [6.45, 7) is 6.16. The fraction of sp³-hybridized carbons (Fsp3) is 0.462. The monoisotopic (exact) mass is 206 g/mol. The van der Waals surface area contributed by atoms with Gasteiger partial charge in [0.25, 0.3) is 0 Å². The maximum Gasteiger partial charge on any atom is 0.122 e. The average Bonchev–Trinajstić information content (AvgIpc) is 2.16. The van der Waals surface area contributed by atoms with Crippen LogP contribution in [0.15, 0.2) is 12.1 Å². The van der Waals surface area contributed by atoms with Crippen molar-refractivity contribution in [3.63, 3.8) is 0 Å². The molecule has 1 aromatic carbocycles. The number of ether oxygens (including phenoxy) is 1. The Hall–Kier alpha value is -1.31. The first-order valence-corrected chi connectivity index (χ1v) is 5.19. The summed E-state index contributed by atoms with van der Waals surface area (Å²) in [6, 6.07) is 4.14. The van der Waals surface area contributed by atoms with Crippen molar-refractivity contribution in [3.05, 3.63) is 28.8 Å². The number of carbonyl (C=O) groups excluding carboxylic acids is 1. The Morgan fingerprint density at radius 2 is 2.07 bits per heavy atom. The molecular weight excluding hydrogens is 188 g/mol. The van der Waals surface area contributed by atoms with Crippen molar-refractivity contribution >= 4 is 6.29 Å². The second-order valence-corrected chi connectivity index (χ2v) is 4.00. The minimum absolute atomic E-state index is 0.220. The zero-order valence-corrected chi connectivity index (χ0v) is 9.83. The van der Waals surface area contributed by atoms with E-state index in [9.17, 15) is 4.79 Å². The lowest BCUT2D eigenvalue weighted by Crippen LogP contribution is -2.02. The highest BCUT2D eigenvalue weighted by Gasteiger charge is 2.14. The number of hydrogen-bond donors (Lipinski definition) is 0. The molecule has 0 amide bonds. The van der Waals surface area contributed by atoms with E-state index in [-0.39, 0.29) is 5.92 Å². The van der Waals surface area contributed by atoms with Crippen molar-refractivity contribution in [2.45, 2.75) is 33.1 Å². The number of aldehydes is 1. The summed E-state index contributed by atoms with van der Waals surface area (Å²) in [5.74, 6) is 1.11. The summed E-state index contributed by atoms with van der Waals surface area (Å²) in [6.07, 6.45) is 1.50. The molecule has 0 saturated heterocycles. The van der Waals surface area contributed by atoms with Gasteiger partial charge in [0, 0.05) is 12.0 Å². The summed E-state index contributed by atoms with van der Waals surface area (Å²) in [5.41, 5.74) is 3.53.